The van der Waals surface area contributed by atoms with E-state index in [0.29, 0.717) is 11.2 Å². The van der Waals surface area contributed by atoms with Crippen molar-refractivity contribution in [1.29, 1.82) is 0 Å². The predicted molar refractivity (Wildman–Crippen MR) is 59.4 cm³/mol. The van der Waals surface area contributed by atoms with Gasteiger partial charge in [0.2, 0.25) is 0 Å². The second-order valence-electron chi connectivity index (χ2n) is 3.81. The first-order valence-corrected chi connectivity index (χ1v) is 5.47. The number of nitrogens with zero attached hydrogens (tertiary/aromatic N) is 1. The standard InChI is InChI=1S/C10H11N3S/c11-7-1-5-3-8-9(4-6(5)2-7)14-10(12)13-8/h3-4,7H,1-2,11H2,(H2,12,13)/t7-/m1/s1. The molecule has 3 nitrogen and oxygen atoms in total. The van der Waals surface area contributed by atoms with E-state index in [0.717, 1.165) is 18.4 Å². The van der Waals surface area contributed by atoms with Crippen molar-refractivity contribution < 1.29 is 0 Å². The summed E-state index contributed by atoms with van der Waals surface area (Å²) in [6.07, 6.45) is 1.96. The Morgan fingerprint density at radius 1 is 1.29 bits per heavy atom. The Morgan fingerprint density at radius 2 is 2.00 bits per heavy atom. The van der Waals surface area contributed by atoms with Gasteiger partial charge in [-0.05, 0) is 36.1 Å². The van der Waals surface area contributed by atoms with Gasteiger partial charge in [0.05, 0.1) is 10.2 Å². The number of nitrogen functional groups attached to an aromatic ring is 1. The number of hydrogen-bond acceptors (Lipinski definition) is 4. The second-order valence-corrected chi connectivity index (χ2v) is 4.87. The van der Waals surface area contributed by atoms with Crippen molar-refractivity contribution >= 4 is 26.7 Å². The molecular formula is C10H11N3S. The quantitative estimate of drug-likeness (QED) is 0.681. The number of nitrogens with two attached hydrogens (primary N) is 2. The Hall–Kier alpha value is -1.13. The first-order chi connectivity index (χ1) is 6.72. The number of anilines is 1. The van der Waals surface area contributed by atoms with Gasteiger partial charge in [-0.3, -0.25) is 0 Å². The van der Waals surface area contributed by atoms with Gasteiger partial charge >= 0.3 is 0 Å². The van der Waals surface area contributed by atoms with E-state index in [1.54, 1.807) is 11.3 Å². The van der Waals surface area contributed by atoms with Crippen LogP contribution in [0.3, 0.4) is 0 Å². The zero-order valence-electron chi connectivity index (χ0n) is 7.66. The Kier molecular flexibility index (Phi) is 1.57. The van der Waals surface area contributed by atoms with E-state index in [1.807, 2.05) is 0 Å². The number of benzene rings is 1. The molecule has 14 heavy (non-hydrogen) atoms. The van der Waals surface area contributed by atoms with E-state index >= 15 is 0 Å². The minimum atomic E-state index is 0.291. The normalized spacial score (nSPS) is 20.2. The molecule has 1 aliphatic rings. The molecule has 0 spiro atoms. The summed E-state index contributed by atoms with van der Waals surface area (Å²) in [6, 6.07) is 4.61. The first-order valence-electron chi connectivity index (χ1n) is 4.66. The molecule has 1 aliphatic carbocycles. The molecule has 0 radical (unpaired) electrons. The van der Waals surface area contributed by atoms with Gasteiger partial charge in [0.15, 0.2) is 5.13 Å². The van der Waals surface area contributed by atoms with Gasteiger partial charge in [0, 0.05) is 6.04 Å². The molecule has 0 saturated carbocycles. The monoisotopic (exact) mass is 205 g/mol. The van der Waals surface area contributed by atoms with E-state index < -0.39 is 0 Å². The Morgan fingerprint density at radius 3 is 2.79 bits per heavy atom. The average Bonchev–Trinajstić information content (AvgIpc) is 2.59. The van der Waals surface area contributed by atoms with Gasteiger partial charge in [-0.15, -0.1) is 0 Å². The number of hydrogen-bond donors (Lipinski definition) is 2. The lowest BCUT2D eigenvalue weighted by atomic mass is 10.1. The largest absolute Gasteiger partial charge is 0.375 e. The minimum Gasteiger partial charge on any atom is -0.375 e. The molecule has 1 aromatic heterocycles. The van der Waals surface area contributed by atoms with E-state index in [4.69, 9.17) is 11.5 Å². The van der Waals surface area contributed by atoms with Gasteiger partial charge < -0.3 is 11.5 Å². The summed E-state index contributed by atoms with van der Waals surface area (Å²) in [4.78, 5) is 4.27. The number of thiazole rings is 1. The lowest BCUT2D eigenvalue weighted by molar-refractivity contribution is 0.721. The molecule has 0 aliphatic heterocycles. The SMILES string of the molecule is Nc1nc2cc3c(cc2s1)C[C@H](N)C3. The van der Waals surface area contributed by atoms with Crippen molar-refractivity contribution in [3.05, 3.63) is 23.3 Å². The van der Waals surface area contributed by atoms with E-state index in [9.17, 15) is 0 Å². The van der Waals surface area contributed by atoms with Gasteiger partial charge in [-0.2, -0.15) is 0 Å². The van der Waals surface area contributed by atoms with Gasteiger partial charge in [0.1, 0.15) is 0 Å². The molecular weight excluding hydrogens is 194 g/mol. The maximum absolute atomic E-state index is 5.90. The third-order valence-electron chi connectivity index (χ3n) is 2.69. The third kappa shape index (κ3) is 1.11. The summed E-state index contributed by atoms with van der Waals surface area (Å²) < 4.78 is 1.18. The van der Waals surface area contributed by atoms with Crippen LogP contribution in [0.25, 0.3) is 10.2 Å². The molecule has 0 fully saturated rings. The Bertz CT molecular complexity index is 460. The molecule has 0 bridgehead atoms. The van der Waals surface area contributed by atoms with Crippen LogP contribution in [0, 0.1) is 0 Å². The average molecular weight is 205 g/mol. The zero-order valence-corrected chi connectivity index (χ0v) is 8.47. The topological polar surface area (TPSA) is 64.9 Å². The van der Waals surface area contributed by atoms with Crippen LogP contribution in [0.1, 0.15) is 11.1 Å². The molecule has 1 atom stereocenters. The fraction of sp³-hybridized carbons (Fsp3) is 0.300. The van der Waals surface area contributed by atoms with Crippen LogP contribution in [-0.4, -0.2) is 11.0 Å². The zero-order chi connectivity index (χ0) is 9.71. The van der Waals surface area contributed by atoms with E-state index in [-0.39, 0.29) is 0 Å². The third-order valence-corrected chi connectivity index (χ3v) is 3.54. The first kappa shape index (κ1) is 8.20. The van der Waals surface area contributed by atoms with Crippen molar-refractivity contribution in [2.24, 2.45) is 5.73 Å². The van der Waals surface area contributed by atoms with Crippen LogP contribution in [0.2, 0.25) is 0 Å². The van der Waals surface area contributed by atoms with Gasteiger partial charge in [0.25, 0.3) is 0 Å². The highest BCUT2D eigenvalue weighted by molar-refractivity contribution is 7.22. The van der Waals surface area contributed by atoms with Crippen LogP contribution < -0.4 is 11.5 Å². The summed E-state index contributed by atoms with van der Waals surface area (Å²) in [5, 5.41) is 0.646. The fourth-order valence-corrected chi connectivity index (χ4v) is 2.87. The van der Waals surface area contributed by atoms with E-state index in [1.165, 1.54) is 15.8 Å². The predicted octanol–water partition coefficient (Wildman–Crippen LogP) is 1.30. The van der Waals surface area contributed by atoms with Crippen molar-refractivity contribution in [2.75, 3.05) is 5.73 Å². The molecule has 0 saturated heterocycles. The number of rotatable bonds is 0. The van der Waals surface area contributed by atoms with Gasteiger partial charge in [-0.25, -0.2) is 4.98 Å². The maximum Gasteiger partial charge on any atom is 0.181 e. The fourth-order valence-electron chi connectivity index (χ4n) is 2.09. The molecule has 0 unspecified atom stereocenters. The lowest BCUT2D eigenvalue weighted by Gasteiger charge is -1.96. The van der Waals surface area contributed by atoms with Crippen LogP contribution in [-0.2, 0) is 12.8 Å². The van der Waals surface area contributed by atoms with Crippen LogP contribution in [0.15, 0.2) is 12.1 Å². The molecule has 3 rings (SSSR count). The summed E-state index contributed by atoms with van der Waals surface area (Å²) >= 11 is 1.55. The summed E-state index contributed by atoms with van der Waals surface area (Å²) in [6.45, 7) is 0. The second kappa shape index (κ2) is 2.68. The molecule has 4 heteroatoms. The molecule has 72 valence electrons. The summed E-state index contributed by atoms with van der Waals surface area (Å²) in [5.74, 6) is 0. The highest BCUT2D eigenvalue weighted by Crippen LogP contribution is 2.30. The van der Waals surface area contributed by atoms with Crippen molar-refractivity contribution in [2.45, 2.75) is 18.9 Å². The lowest BCUT2D eigenvalue weighted by Crippen LogP contribution is -2.18. The van der Waals surface area contributed by atoms with Crippen molar-refractivity contribution in [1.82, 2.24) is 4.98 Å². The minimum absolute atomic E-state index is 0.291. The Balaban J connectivity index is 2.25. The molecule has 1 aromatic carbocycles. The number of fused-ring (bicyclic) bond motifs is 2. The van der Waals surface area contributed by atoms with Crippen LogP contribution >= 0.6 is 11.3 Å². The van der Waals surface area contributed by atoms with E-state index in [2.05, 4.69) is 17.1 Å². The molecule has 1 heterocycles. The molecule has 0 amide bonds. The Labute approximate surface area is 85.7 Å². The van der Waals surface area contributed by atoms with Gasteiger partial charge in [-0.1, -0.05) is 11.3 Å². The summed E-state index contributed by atoms with van der Waals surface area (Å²) in [5.41, 5.74) is 15.3. The summed E-state index contributed by atoms with van der Waals surface area (Å²) in [7, 11) is 0. The molecule has 2 aromatic rings. The maximum atomic E-state index is 5.90. The van der Waals surface area contributed by atoms with Crippen molar-refractivity contribution in [3.8, 4) is 0 Å². The van der Waals surface area contributed by atoms with Crippen molar-refractivity contribution in [3.63, 3.8) is 0 Å². The number of aromatic nitrogens is 1. The smallest absolute Gasteiger partial charge is 0.181 e. The molecule has 4 N–H and O–H groups in total. The van der Waals surface area contributed by atoms with Crippen LogP contribution in [0.4, 0.5) is 5.13 Å². The highest BCUT2D eigenvalue weighted by Gasteiger charge is 2.19. The highest BCUT2D eigenvalue weighted by atomic mass is 32.1. The van der Waals surface area contributed by atoms with Crippen LogP contribution in [0.5, 0.6) is 0 Å².